The van der Waals surface area contributed by atoms with Gasteiger partial charge in [-0.2, -0.15) is 0 Å². The molecule has 0 unspecified atom stereocenters. The number of piperazine rings is 1. The first-order valence-corrected chi connectivity index (χ1v) is 16.0. The van der Waals surface area contributed by atoms with Gasteiger partial charge in [-0.05, 0) is 48.4 Å². The Hall–Kier alpha value is -2.94. The minimum atomic E-state index is -0.130. The van der Waals surface area contributed by atoms with Crippen molar-refractivity contribution in [1.82, 2.24) is 15.1 Å². The summed E-state index contributed by atoms with van der Waals surface area (Å²) < 4.78 is 11.4. The summed E-state index contributed by atoms with van der Waals surface area (Å²) in [7, 11) is 1.70. The number of unbranched alkanes of at least 4 members (excludes halogenated alkanes) is 1. The van der Waals surface area contributed by atoms with Gasteiger partial charge in [0.05, 0.1) is 6.61 Å². The number of nitrogens with two attached hydrogens (primary N) is 1. The zero-order valence-electron chi connectivity index (χ0n) is 25.8. The van der Waals surface area contributed by atoms with Crippen LogP contribution in [0.2, 0.25) is 0 Å². The molecular weight excluding hydrogens is 526 g/mol. The number of aliphatic imine (C=N–C) groups is 1. The molecule has 0 radical (unpaired) electrons. The molecule has 1 aliphatic carbocycles. The van der Waals surface area contributed by atoms with Gasteiger partial charge in [0.15, 0.2) is 5.96 Å². The molecule has 1 aliphatic heterocycles. The van der Waals surface area contributed by atoms with E-state index in [0.29, 0.717) is 32.6 Å². The Balaban J connectivity index is 1.35. The van der Waals surface area contributed by atoms with Gasteiger partial charge in [-0.15, -0.1) is 0 Å². The third-order valence-electron chi connectivity index (χ3n) is 8.42. The van der Waals surface area contributed by atoms with Gasteiger partial charge in [0, 0.05) is 77.4 Å². The molecule has 1 amide bonds. The van der Waals surface area contributed by atoms with E-state index in [9.17, 15) is 4.79 Å². The van der Waals surface area contributed by atoms with Gasteiger partial charge in [0.1, 0.15) is 5.75 Å². The predicted molar refractivity (Wildman–Crippen MR) is 171 cm³/mol. The summed E-state index contributed by atoms with van der Waals surface area (Å²) in [5.74, 6) is 0.899. The Morgan fingerprint density at radius 1 is 1.00 bits per heavy atom. The van der Waals surface area contributed by atoms with Crippen molar-refractivity contribution in [2.45, 2.75) is 77.3 Å². The van der Waals surface area contributed by atoms with Crippen LogP contribution in [0.15, 0.2) is 47.5 Å². The first-order chi connectivity index (χ1) is 20.6. The first kappa shape index (κ1) is 32.0. The van der Waals surface area contributed by atoms with Crippen molar-refractivity contribution in [1.29, 1.82) is 0 Å². The number of carbonyl (C=O) groups excluding carboxylic acids is 1. The summed E-state index contributed by atoms with van der Waals surface area (Å²) >= 11 is 0. The Labute approximate surface area is 252 Å². The fraction of sp³-hybridized carbons (Fsp3) is 0.588. The number of amides is 1. The molecule has 3 N–H and O–H groups in total. The summed E-state index contributed by atoms with van der Waals surface area (Å²) in [4.78, 5) is 21.9. The zero-order valence-corrected chi connectivity index (χ0v) is 25.8. The third-order valence-corrected chi connectivity index (χ3v) is 8.42. The predicted octanol–water partition coefficient (Wildman–Crippen LogP) is 4.99. The lowest BCUT2D eigenvalue weighted by Gasteiger charge is -2.38. The van der Waals surface area contributed by atoms with E-state index >= 15 is 0 Å². The van der Waals surface area contributed by atoms with Crippen molar-refractivity contribution in [2.24, 2.45) is 10.7 Å². The number of nitrogens with one attached hydrogen (secondary N) is 1. The summed E-state index contributed by atoms with van der Waals surface area (Å²) in [5.41, 5.74) is 10.4. The highest BCUT2D eigenvalue weighted by atomic mass is 16.5. The van der Waals surface area contributed by atoms with Crippen molar-refractivity contribution in [3.63, 3.8) is 0 Å². The molecule has 0 aromatic heterocycles. The minimum absolute atomic E-state index is 0.130. The second kappa shape index (κ2) is 17.2. The van der Waals surface area contributed by atoms with Gasteiger partial charge >= 0.3 is 0 Å². The van der Waals surface area contributed by atoms with Gasteiger partial charge in [0.2, 0.25) is 5.91 Å². The molecule has 8 nitrogen and oxygen atoms in total. The fourth-order valence-electron chi connectivity index (χ4n) is 5.93. The van der Waals surface area contributed by atoms with Crippen LogP contribution in [0, 0.1) is 0 Å². The second-order valence-electron chi connectivity index (χ2n) is 11.6. The summed E-state index contributed by atoms with van der Waals surface area (Å²) in [6, 6.07) is 16.0. The molecule has 4 rings (SSSR count). The average Bonchev–Trinajstić information content (AvgIpc) is 3.55. The van der Waals surface area contributed by atoms with E-state index in [2.05, 4.69) is 69.5 Å². The zero-order chi connectivity index (χ0) is 29.6. The van der Waals surface area contributed by atoms with Crippen molar-refractivity contribution in [2.75, 3.05) is 53.0 Å². The number of hydrogen-bond acceptors (Lipinski definition) is 6. The fourth-order valence-corrected chi connectivity index (χ4v) is 5.93. The van der Waals surface area contributed by atoms with Gasteiger partial charge in [-0.1, -0.05) is 62.6 Å². The number of nitrogens with zero attached hydrogens (tertiary/aromatic N) is 3. The van der Waals surface area contributed by atoms with E-state index in [1.807, 2.05) is 0 Å². The lowest BCUT2D eigenvalue weighted by Crippen LogP contribution is -2.49. The monoisotopic (exact) mass is 577 g/mol. The second-order valence-corrected chi connectivity index (χ2v) is 11.6. The standard InChI is InChI=1S/C34H51N5O3/c1-3-4-18-36-34(35)37-33(40)17-13-27-12-16-31(32(25-27)42-24-7-23-41-2)29-14-10-28(11-15-29)26-38-19-21-39(22-20-38)30-8-5-6-9-30/h10-12,14-16,25,30H,3-9,13,17-24,26H2,1-2H3,(H3,35,36,37,40). The number of carbonyl (C=O) groups is 1. The van der Waals surface area contributed by atoms with Crippen LogP contribution in [0.1, 0.15) is 69.4 Å². The molecule has 1 saturated heterocycles. The van der Waals surface area contributed by atoms with E-state index in [-0.39, 0.29) is 11.9 Å². The molecule has 1 heterocycles. The highest BCUT2D eigenvalue weighted by Gasteiger charge is 2.26. The highest BCUT2D eigenvalue weighted by Crippen LogP contribution is 2.32. The number of ether oxygens (including phenoxy) is 2. The van der Waals surface area contributed by atoms with Crippen molar-refractivity contribution < 1.29 is 14.3 Å². The van der Waals surface area contributed by atoms with E-state index < -0.39 is 0 Å². The molecule has 8 heteroatoms. The summed E-state index contributed by atoms with van der Waals surface area (Å²) in [5, 5.41) is 2.70. The van der Waals surface area contributed by atoms with Crippen LogP contribution < -0.4 is 15.8 Å². The Morgan fingerprint density at radius 2 is 1.74 bits per heavy atom. The number of guanidine groups is 1. The van der Waals surface area contributed by atoms with E-state index in [1.165, 1.54) is 44.3 Å². The number of methoxy groups -OCH3 is 1. The maximum absolute atomic E-state index is 12.4. The van der Waals surface area contributed by atoms with Crippen LogP contribution in [0.25, 0.3) is 11.1 Å². The first-order valence-electron chi connectivity index (χ1n) is 16.0. The number of aryl methyl sites for hydroxylation is 1. The van der Waals surface area contributed by atoms with Crippen molar-refractivity contribution in [3.05, 3.63) is 53.6 Å². The Morgan fingerprint density at radius 3 is 2.45 bits per heavy atom. The largest absolute Gasteiger partial charge is 0.493 e. The van der Waals surface area contributed by atoms with Gasteiger partial charge < -0.3 is 15.2 Å². The average molecular weight is 578 g/mol. The molecule has 2 fully saturated rings. The minimum Gasteiger partial charge on any atom is -0.493 e. The lowest BCUT2D eigenvalue weighted by molar-refractivity contribution is -0.119. The van der Waals surface area contributed by atoms with Gasteiger partial charge in [-0.3, -0.25) is 24.9 Å². The SMILES string of the molecule is CCCCN=C(N)NC(=O)CCc1ccc(-c2ccc(CN3CCN(C4CCCC4)CC3)cc2)c(OCCCOC)c1. The smallest absolute Gasteiger partial charge is 0.226 e. The topological polar surface area (TPSA) is 92.4 Å². The van der Waals surface area contributed by atoms with Crippen molar-refractivity contribution >= 4 is 11.9 Å². The maximum atomic E-state index is 12.4. The third kappa shape index (κ3) is 10.1. The Kier molecular flexibility index (Phi) is 13.1. The normalized spacial score (nSPS) is 17.0. The summed E-state index contributed by atoms with van der Waals surface area (Å²) in [6.45, 7) is 9.63. The van der Waals surface area contributed by atoms with Crippen LogP contribution in [-0.4, -0.2) is 80.8 Å². The molecule has 2 aliphatic rings. The molecule has 2 aromatic carbocycles. The van der Waals surface area contributed by atoms with Crippen LogP contribution in [0.5, 0.6) is 5.75 Å². The van der Waals surface area contributed by atoms with Crippen LogP contribution in [0.3, 0.4) is 0 Å². The molecule has 42 heavy (non-hydrogen) atoms. The quantitative estimate of drug-likeness (QED) is 0.176. The molecule has 2 aromatic rings. The van der Waals surface area contributed by atoms with Crippen LogP contribution in [-0.2, 0) is 22.5 Å². The number of hydrogen-bond donors (Lipinski definition) is 2. The maximum Gasteiger partial charge on any atom is 0.226 e. The van der Waals surface area contributed by atoms with E-state index in [1.54, 1.807) is 7.11 Å². The molecule has 1 saturated carbocycles. The molecule has 230 valence electrons. The van der Waals surface area contributed by atoms with E-state index in [4.69, 9.17) is 15.2 Å². The molecule has 0 bridgehead atoms. The summed E-state index contributed by atoms with van der Waals surface area (Å²) in [6.07, 6.45) is 9.31. The lowest BCUT2D eigenvalue weighted by atomic mass is 9.99. The molecule has 0 atom stereocenters. The number of rotatable bonds is 15. The molecular formula is C34H51N5O3. The van der Waals surface area contributed by atoms with E-state index in [0.717, 1.165) is 67.4 Å². The molecule has 0 spiro atoms. The van der Waals surface area contributed by atoms with Crippen LogP contribution >= 0.6 is 0 Å². The highest BCUT2D eigenvalue weighted by molar-refractivity contribution is 5.96. The Bertz CT molecular complexity index is 1120. The van der Waals surface area contributed by atoms with Crippen molar-refractivity contribution in [3.8, 4) is 16.9 Å². The number of benzene rings is 2. The van der Waals surface area contributed by atoms with Gasteiger partial charge in [-0.25, -0.2) is 0 Å². The van der Waals surface area contributed by atoms with Gasteiger partial charge in [0.25, 0.3) is 0 Å². The van der Waals surface area contributed by atoms with Crippen LogP contribution in [0.4, 0.5) is 0 Å².